The van der Waals surface area contributed by atoms with Crippen LogP contribution in [0.15, 0.2) is 48.5 Å². The Labute approximate surface area is 178 Å². The number of carbonyl (C=O) groups excluding carboxylic acids is 2. The predicted octanol–water partition coefficient (Wildman–Crippen LogP) is 3.14. The Morgan fingerprint density at radius 2 is 1.83 bits per heavy atom. The molecule has 160 valence electrons. The largest absolute Gasteiger partial charge is 0.497 e. The molecule has 0 aromatic heterocycles. The van der Waals surface area contributed by atoms with Crippen molar-refractivity contribution in [1.82, 2.24) is 9.80 Å². The number of methoxy groups -OCH3 is 2. The molecule has 1 aliphatic rings. The average Bonchev–Trinajstić information content (AvgIpc) is 2.78. The van der Waals surface area contributed by atoms with Crippen molar-refractivity contribution >= 4 is 11.8 Å². The molecule has 1 fully saturated rings. The van der Waals surface area contributed by atoms with E-state index in [1.165, 1.54) is 0 Å². The van der Waals surface area contributed by atoms with Crippen LogP contribution in [0.3, 0.4) is 0 Å². The Hall–Kier alpha value is -3.02. The van der Waals surface area contributed by atoms with Gasteiger partial charge in [0.1, 0.15) is 11.5 Å². The van der Waals surface area contributed by atoms with E-state index in [0.717, 1.165) is 29.0 Å². The fourth-order valence-corrected chi connectivity index (χ4v) is 3.87. The lowest BCUT2D eigenvalue weighted by atomic mass is 9.95. The second kappa shape index (κ2) is 10.1. The molecule has 2 amide bonds. The molecular weight excluding hydrogens is 380 g/mol. The molecule has 1 saturated heterocycles. The van der Waals surface area contributed by atoms with Crippen LogP contribution in [0.5, 0.6) is 11.5 Å². The van der Waals surface area contributed by atoms with E-state index in [0.29, 0.717) is 32.5 Å². The Balaban J connectivity index is 1.57. The third-order valence-electron chi connectivity index (χ3n) is 5.66. The molecule has 0 radical (unpaired) electrons. The topological polar surface area (TPSA) is 59.1 Å². The molecule has 0 aliphatic carbocycles. The van der Waals surface area contributed by atoms with Gasteiger partial charge >= 0.3 is 0 Å². The number of ether oxygens (including phenoxy) is 2. The van der Waals surface area contributed by atoms with Gasteiger partial charge in [-0.25, -0.2) is 0 Å². The Kier molecular flexibility index (Phi) is 7.33. The van der Waals surface area contributed by atoms with Gasteiger partial charge in [0.2, 0.25) is 11.8 Å². The summed E-state index contributed by atoms with van der Waals surface area (Å²) in [5.74, 6) is 1.62. The van der Waals surface area contributed by atoms with E-state index in [4.69, 9.17) is 9.47 Å². The summed E-state index contributed by atoms with van der Waals surface area (Å²) >= 11 is 0. The number of likely N-dealkylation sites (tertiary alicyclic amines) is 1. The van der Waals surface area contributed by atoms with Crippen molar-refractivity contribution < 1.29 is 19.1 Å². The van der Waals surface area contributed by atoms with Gasteiger partial charge in [-0.1, -0.05) is 30.3 Å². The highest BCUT2D eigenvalue weighted by molar-refractivity contribution is 5.83. The predicted molar refractivity (Wildman–Crippen MR) is 115 cm³/mol. The van der Waals surface area contributed by atoms with Gasteiger partial charge in [-0.15, -0.1) is 0 Å². The number of nitrogens with zero attached hydrogens (tertiary/aromatic N) is 2. The summed E-state index contributed by atoms with van der Waals surface area (Å²) in [4.78, 5) is 29.0. The zero-order chi connectivity index (χ0) is 21.5. The summed E-state index contributed by atoms with van der Waals surface area (Å²) in [6.45, 7) is 1.58. The van der Waals surface area contributed by atoms with Gasteiger partial charge in [-0.2, -0.15) is 0 Å². The third kappa shape index (κ3) is 5.32. The number of benzene rings is 2. The van der Waals surface area contributed by atoms with Crippen molar-refractivity contribution in [2.24, 2.45) is 5.92 Å². The van der Waals surface area contributed by atoms with Crippen molar-refractivity contribution in [3.05, 3.63) is 59.7 Å². The first-order valence-electron chi connectivity index (χ1n) is 10.3. The second-order valence-electron chi connectivity index (χ2n) is 7.68. The minimum atomic E-state index is -0.168. The highest BCUT2D eigenvalue weighted by atomic mass is 16.5. The number of piperidine rings is 1. The van der Waals surface area contributed by atoms with Crippen molar-refractivity contribution in [3.8, 4) is 11.5 Å². The molecular formula is C24H30N2O4. The van der Waals surface area contributed by atoms with Crippen LogP contribution in [-0.2, 0) is 22.6 Å². The lowest BCUT2D eigenvalue weighted by Crippen LogP contribution is -2.46. The highest BCUT2D eigenvalue weighted by Gasteiger charge is 2.31. The summed E-state index contributed by atoms with van der Waals surface area (Å²) in [6, 6.07) is 15.6. The maximum Gasteiger partial charge on any atom is 0.227 e. The number of hydrogen-bond donors (Lipinski definition) is 0. The summed E-state index contributed by atoms with van der Waals surface area (Å²) in [7, 11) is 5.09. The normalized spacial score (nSPS) is 16.3. The van der Waals surface area contributed by atoms with Crippen LogP contribution in [-0.4, -0.2) is 56.0 Å². The van der Waals surface area contributed by atoms with E-state index in [2.05, 4.69) is 0 Å². The maximum absolute atomic E-state index is 13.0. The van der Waals surface area contributed by atoms with Crippen LogP contribution in [0, 0.1) is 5.92 Å². The molecule has 1 heterocycles. The Morgan fingerprint density at radius 1 is 1.10 bits per heavy atom. The number of para-hydroxylation sites is 1. The van der Waals surface area contributed by atoms with E-state index in [1.807, 2.05) is 60.5 Å². The van der Waals surface area contributed by atoms with Crippen LogP contribution < -0.4 is 9.47 Å². The minimum Gasteiger partial charge on any atom is -0.497 e. The Bertz CT molecular complexity index is 866. The molecule has 0 bridgehead atoms. The van der Waals surface area contributed by atoms with Crippen LogP contribution in [0.1, 0.15) is 24.0 Å². The van der Waals surface area contributed by atoms with Crippen LogP contribution >= 0.6 is 0 Å². The molecule has 0 saturated carbocycles. The average molecular weight is 411 g/mol. The SMILES string of the molecule is COc1ccc(CCN2C[C@H](C(=O)N(C)Cc3ccccc3OC)CCC2=O)cc1. The molecule has 6 heteroatoms. The molecule has 3 rings (SSSR count). The number of hydrogen-bond acceptors (Lipinski definition) is 4. The Morgan fingerprint density at radius 3 is 2.53 bits per heavy atom. The van der Waals surface area contributed by atoms with Crippen LogP contribution in [0.25, 0.3) is 0 Å². The van der Waals surface area contributed by atoms with Gasteiger partial charge in [-0.05, 0) is 36.6 Å². The lowest BCUT2D eigenvalue weighted by molar-refractivity contribution is -0.142. The molecule has 0 unspecified atom stereocenters. The van der Waals surface area contributed by atoms with Crippen molar-refractivity contribution in [3.63, 3.8) is 0 Å². The van der Waals surface area contributed by atoms with E-state index in [1.54, 1.807) is 19.1 Å². The fraction of sp³-hybridized carbons (Fsp3) is 0.417. The van der Waals surface area contributed by atoms with Crippen molar-refractivity contribution in [1.29, 1.82) is 0 Å². The van der Waals surface area contributed by atoms with Crippen molar-refractivity contribution in [2.75, 3.05) is 34.4 Å². The van der Waals surface area contributed by atoms with Gasteiger partial charge in [-0.3, -0.25) is 9.59 Å². The van der Waals surface area contributed by atoms with Crippen molar-refractivity contribution in [2.45, 2.75) is 25.8 Å². The van der Waals surface area contributed by atoms with Gasteiger partial charge in [0.05, 0.1) is 20.1 Å². The van der Waals surface area contributed by atoms with Gasteiger partial charge in [0.15, 0.2) is 0 Å². The van der Waals surface area contributed by atoms with E-state index in [9.17, 15) is 9.59 Å². The molecule has 6 nitrogen and oxygen atoms in total. The van der Waals surface area contributed by atoms with Gasteiger partial charge < -0.3 is 19.3 Å². The van der Waals surface area contributed by atoms with E-state index in [-0.39, 0.29) is 17.7 Å². The highest BCUT2D eigenvalue weighted by Crippen LogP contribution is 2.23. The molecule has 1 aliphatic heterocycles. The summed E-state index contributed by atoms with van der Waals surface area (Å²) in [6.07, 6.45) is 1.78. The number of carbonyl (C=O) groups is 2. The first-order chi connectivity index (χ1) is 14.5. The van der Waals surface area contributed by atoms with E-state index >= 15 is 0 Å². The van der Waals surface area contributed by atoms with Crippen LogP contribution in [0.4, 0.5) is 0 Å². The molecule has 2 aromatic rings. The lowest BCUT2D eigenvalue weighted by Gasteiger charge is -2.34. The van der Waals surface area contributed by atoms with Gasteiger partial charge in [0.25, 0.3) is 0 Å². The fourth-order valence-electron chi connectivity index (χ4n) is 3.87. The minimum absolute atomic E-state index is 0.0721. The van der Waals surface area contributed by atoms with E-state index < -0.39 is 0 Å². The molecule has 2 aromatic carbocycles. The summed E-state index contributed by atoms with van der Waals surface area (Å²) < 4.78 is 10.6. The first-order valence-corrected chi connectivity index (χ1v) is 10.3. The molecule has 0 N–H and O–H groups in total. The molecule has 1 atom stereocenters. The molecule has 30 heavy (non-hydrogen) atoms. The monoisotopic (exact) mass is 410 g/mol. The number of amides is 2. The zero-order valence-electron chi connectivity index (χ0n) is 18.0. The summed E-state index contributed by atoms with van der Waals surface area (Å²) in [5.41, 5.74) is 2.12. The second-order valence-corrected chi connectivity index (χ2v) is 7.68. The smallest absolute Gasteiger partial charge is 0.227 e. The van der Waals surface area contributed by atoms with Crippen LogP contribution in [0.2, 0.25) is 0 Å². The number of rotatable bonds is 8. The molecule has 0 spiro atoms. The summed E-state index contributed by atoms with van der Waals surface area (Å²) in [5, 5.41) is 0. The maximum atomic E-state index is 13.0. The first kappa shape index (κ1) is 21.7. The zero-order valence-corrected chi connectivity index (χ0v) is 18.0. The third-order valence-corrected chi connectivity index (χ3v) is 5.66. The standard InChI is InChI=1S/C24H30N2O4/c1-25(16-19-6-4-5-7-22(19)30-3)24(28)20-10-13-23(27)26(17-20)15-14-18-8-11-21(29-2)12-9-18/h4-9,11-12,20H,10,13-17H2,1-3H3/t20-/m1/s1. The quantitative estimate of drug-likeness (QED) is 0.671. The van der Waals surface area contributed by atoms with Gasteiger partial charge in [0, 0.05) is 38.7 Å².